The number of aryl methyl sites for hydroxylation is 3. The second-order valence-electron chi connectivity index (χ2n) is 8.30. The first-order chi connectivity index (χ1) is 15.5. The lowest BCUT2D eigenvalue weighted by atomic mass is 10.1. The molecule has 0 bridgehead atoms. The van der Waals surface area contributed by atoms with E-state index in [4.69, 9.17) is 0 Å². The number of carbonyl (C=O) groups is 1. The third-order valence-corrected chi connectivity index (χ3v) is 8.77. The fourth-order valence-corrected chi connectivity index (χ4v) is 6.24. The van der Waals surface area contributed by atoms with E-state index >= 15 is 0 Å². The van der Waals surface area contributed by atoms with E-state index in [0.717, 1.165) is 31.1 Å². The van der Waals surface area contributed by atoms with Crippen molar-refractivity contribution in [3.63, 3.8) is 0 Å². The van der Waals surface area contributed by atoms with Crippen LogP contribution in [0, 0.1) is 26.7 Å². The number of rotatable bonds is 9. The molecule has 0 aliphatic rings. The second-order valence-corrected chi connectivity index (χ2v) is 12.4. The van der Waals surface area contributed by atoms with Crippen molar-refractivity contribution in [2.75, 3.05) is 21.9 Å². The number of hydrogen-bond donors (Lipinski definition) is 1. The number of amides is 1. The van der Waals surface area contributed by atoms with Gasteiger partial charge in [0, 0.05) is 5.75 Å². The van der Waals surface area contributed by atoms with E-state index in [2.05, 4.69) is 29.4 Å². The summed E-state index contributed by atoms with van der Waals surface area (Å²) < 4.78 is 29.0. The Bertz CT molecular complexity index is 1200. The molecule has 0 fully saturated rings. The number of nitrogens with one attached hydrogen (secondary N) is 1. The minimum absolute atomic E-state index is 0.128. The van der Waals surface area contributed by atoms with Crippen molar-refractivity contribution in [3.8, 4) is 0 Å². The van der Waals surface area contributed by atoms with Gasteiger partial charge in [0.05, 0.1) is 10.6 Å². The van der Waals surface area contributed by atoms with Gasteiger partial charge in [-0.25, -0.2) is 8.42 Å². The van der Waals surface area contributed by atoms with Gasteiger partial charge in [0.15, 0.2) is 4.34 Å². The highest BCUT2D eigenvalue weighted by molar-refractivity contribution is 8.01. The average molecular weight is 505 g/mol. The molecule has 1 N–H and O–H groups in total. The largest absolute Gasteiger partial charge is 0.299 e. The number of nitrogens with zero attached hydrogens (tertiary/aromatic N) is 3. The van der Waals surface area contributed by atoms with Gasteiger partial charge in [0.2, 0.25) is 11.0 Å². The van der Waals surface area contributed by atoms with Gasteiger partial charge in [-0.2, -0.15) is 0 Å². The molecule has 0 aliphatic heterocycles. The Labute approximate surface area is 203 Å². The number of thioether (sulfide) groups is 1. The fourth-order valence-electron chi connectivity index (χ4n) is 3.09. The van der Waals surface area contributed by atoms with Gasteiger partial charge < -0.3 is 0 Å². The Morgan fingerprint density at radius 2 is 1.67 bits per heavy atom. The molecule has 0 radical (unpaired) electrons. The summed E-state index contributed by atoms with van der Waals surface area (Å²) in [5.74, 6) is 0.925. The topological polar surface area (TPSA) is 92.3 Å². The highest BCUT2D eigenvalue weighted by Crippen LogP contribution is 2.28. The van der Waals surface area contributed by atoms with E-state index in [1.54, 1.807) is 48.2 Å². The van der Waals surface area contributed by atoms with Crippen LogP contribution in [0.4, 0.5) is 10.8 Å². The van der Waals surface area contributed by atoms with Crippen LogP contribution < -0.4 is 9.62 Å². The summed E-state index contributed by atoms with van der Waals surface area (Å²) >= 11 is 2.86. The van der Waals surface area contributed by atoms with Crippen LogP contribution in [-0.2, 0) is 14.8 Å². The minimum Gasteiger partial charge on any atom is -0.299 e. The smallest absolute Gasteiger partial charge is 0.264 e. The van der Waals surface area contributed by atoms with Crippen LogP contribution >= 0.6 is 23.1 Å². The van der Waals surface area contributed by atoms with E-state index in [1.807, 2.05) is 26.8 Å². The van der Waals surface area contributed by atoms with Crippen LogP contribution in [0.15, 0.2) is 51.7 Å². The quantitative estimate of drug-likeness (QED) is 0.324. The molecule has 2 aromatic carbocycles. The van der Waals surface area contributed by atoms with Crippen LogP contribution in [0.5, 0.6) is 0 Å². The molecular weight excluding hydrogens is 476 g/mol. The molecule has 7 nitrogen and oxygen atoms in total. The Balaban J connectivity index is 1.87. The first-order valence-electron chi connectivity index (χ1n) is 10.5. The lowest BCUT2D eigenvalue weighted by molar-refractivity contribution is -0.114. The maximum Gasteiger partial charge on any atom is 0.264 e. The Morgan fingerprint density at radius 3 is 2.27 bits per heavy atom. The van der Waals surface area contributed by atoms with E-state index < -0.39 is 15.9 Å². The van der Waals surface area contributed by atoms with E-state index in [1.165, 1.54) is 11.3 Å². The van der Waals surface area contributed by atoms with Crippen LogP contribution in [-0.4, -0.2) is 36.8 Å². The standard InChI is InChI=1S/C23H28N4O3S3/c1-15(2)14-31-23-26-25-22(32-23)24-21(28)13-27(19-11-17(4)10-18(5)12-19)33(29,30)20-8-6-16(3)7-9-20/h6-12,15H,13-14H2,1-5H3,(H,24,25,28). The lowest BCUT2D eigenvalue weighted by Gasteiger charge is -2.24. The summed E-state index contributed by atoms with van der Waals surface area (Å²) in [7, 11) is -3.97. The Kier molecular flexibility index (Phi) is 8.14. The number of anilines is 2. The van der Waals surface area contributed by atoms with E-state index in [9.17, 15) is 13.2 Å². The highest BCUT2D eigenvalue weighted by atomic mass is 32.2. The number of sulfonamides is 1. The van der Waals surface area contributed by atoms with Gasteiger partial charge in [0.1, 0.15) is 6.54 Å². The maximum absolute atomic E-state index is 13.5. The predicted octanol–water partition coefficient (Wildman–Crippen LogP) is 5.05. The summed E-state index contributed by atoms with van der Waals surface area (Å²) in [6, 6.07) is 12.1. The van der Waals surface area contributed by atoms with Gasteiger partial charge >= 0.3 is 0 Å². The molecule has 0 spiro atoms. The molecule has 0 saturated heterocycles. The molecule has 3 rings (SSSR count). The van der Waals surface area contributed by atoms with Crippen LogP contribution in [0.1, 0.15) is 30.5 Å². The van der Waals surface area contributed by atoms with Crippen molar-refractivity contribution < 1.29 is 13.2 Å². The molecule has 33 heavy (non-hydrogen) atoms. The molecule has 1 aromatic heterocycles. The summed E-state index contributed by atoms with van der Waals surface area (Å²) in [4.78, 5) is 13.0. The van der Waals surface area contributed by atoms with Crippen molar-refractivity contribution in [2.45, 2.75) is 43.9 Å². The summed E-state index contributed by atoms with van der Waals surface area (Å²) in [6.45, 7) is 9.53. The lowest BCUT2D eigenvalue weighted by Crippen LogP contribution is -2.38. The van der Waals surface area contributed by atoms with Gasteiger partial charge in [-0.05, 0) is 62.1 Å². The Hall–Kier alpha value is -2.43. The molecule has 3 aromatic rings. The van der Waals surface area contributed by atoms with Crippen molar-refractivity contribution in [1.82, 2.24) is 10.2 Å². The molecule has 0 aliphatic carbocycles. The van der Waals surface area contributed by atoms with Gasteiger partial charge in [-0.1, -0.05) is 60.7 Å². The summed E-state index contributed by atoms with van der Waals surface area (Å²) in [5.41, 5.74) is 3.21. The van der Waals surface area contributed by atoms with Crippen LogP contribution in [0.25, 0.3) is 0 Å². The van der Waals surface area contributed by atoms with Crippen LogP contribution in [0.2, 0.25) is 0 Å². The van der Waals surface area contributed by atoms with E-state index in [-0.39, 0.29) is 11.4 Å². The first kappa shape index (κ1) is 25.2. The van der Waals surface area contributed by atoms with Gasteiger partial charge in [-0.15, -0.1) is 10.2 Å². The van der Waals surface area contributed by atoms with Gasteiger partial charge in [0.25, 0.3) is 10.0 Å². The van der Waals surface area contributed by atoms with Gasteiger partial charge in [-0.3, -0.25) is 14.4 Å². The third kappa shape index (κ3) is 6.78. The number of benzene rings is 2. The van der Waals surface area contributed by atoms with Crippen molar-refractivity contribution in [3.05, 3.63) is 59.2 Å². The van der Waals surface area contributed by atoms with Crippen molar-refractivity contribution in [2.24, 2.45) is 5.92 Å². The number of aromatic nitrogens is 2. The third-order valence-electron chi connectivity index (χ3n) is 4.58. The molecule has 0 atom stereocenters. The molecule has 176 valence electrons. The van der Waals surface area contributed by atoms with Crippen molar-refractivity contribution >= 4 is 49.8 Å². The minimum atomic E-state index is -3.97. The molecule has 10 heteroatoms. The molecular formula is C23H28N4O3S3. The average Bonchev–Trinajstić information content (AvgIpc) is 3.17. The summed E-state index contributed by atoms with van der Waals surface area (Å²) in [5, 5.41) is 11.2. The second kappa shape index (κ2) is 10.7. The Morgan fingerprint density at radius 1 is 1.03 bits per heavy atom. The number of hydrogen-bond acceptors (Lipinski definition) is 7. The van der Waals surface area contributed by atoms with Crippen LogP contribution in [0.3, 0.4) is 0 Å². The maximum atomic E-state index is 13.5. The molecule has 0 unspecified atom stereocenters. The molecule has 1 amide bonds. The molecule has 1 heterocycles. The molecule has 0 saturated carbocycles. The zero-order chi connectivity index (χ0) is 24.2. The number of carbonyl (C=O) groups excluding carboxylic acids is 1. The summed E-state index contributed by atoms with van der Waals surface area (Å²) in [6.07, 6.45) is 0. The fraction of sp³-hybridized carbons (Fsp3) is 0.348. The normalized spacial score (nSPS) is 11.6. The first-order valence-corrected chi connectivity index (χ1v) is 13.7. The monoisotopic (exact) mass is 504 g/mol. The highest BCUT2D eigenvalue weighted by Gasteiger charge is 2.28. The zero-order valence-electron chi connectivity index (χ0n) is 19.3. The SMILES string of the molecule is Cc1ccc(S(=O)(=O)N(CC(=O)Nc2nnc(SCC(C)C)s2)c2cc(C)cc(C)c2)cc1. The zero-order valence-corrected chi connectivity index (χ0v) is 21.8. The van der Waals surface area contributed by atoms with Crippen molar-refractivity contribution in [1.29, 1.82) is 0 Å². The van der Waals surface area contributed by atoms with E-state index in [0.29, 0.717) is 16.7 Å². The predicted molar refractivity (Wildman–Crippen MR) is 136 cm³/mol.